The van der Waals surface area contributed by atoms with E-state index in [0.717, 1.165) is 39.3 Å². The first kappa shape index (κ1) is 15.0. The summed E-state index contributed by atoms with van der Waals surface area (Å²) < 4.78 is 0. The number of amides is 1. The van der Waals surface area contributed by atoms with Crippen molar-refractivity contribution in [2.24, 2.45) is 5.92 Å². The minimum Gasteiger partial charge on any atom is -0.339 e. The summed E-state index contributed by atoms with van der Waals surface area (Å²) in [6, 6.07) is 4.34. The van der Waals surface area contributed by atoms with Crippen molar-refractivity contribution in [1.29, 1.82) is 0 Å². The fourth-order valence-corrected chi connectivity index (χ4v) is 4.07. The van der Waals surface area contributed by atoms with Gasteiger partial charge in [0.25, 0.3) is 0 Å². The van der Waals surface area contributed by atoms with Crippen molar-refractivity contribution in [2.45, 2.75) is 32.4 Å². The van der Waals surface area contributed by atoms with Crippen molar-refractivity contribution < 1.29 is 4.79 Å². The summed E-state index contributed by atoms with van der Waals surface area (Å²) in [7, 11) is 0. The van der Waals surface area contributed by atoms with Crippen LogP contribution < -0.4 is 5.32 Å². The molecule has 1 amide bonds. The topological polar surface area (TPSA) is 35.6 Å². The zero-order chi connectivity index (χ0) is 14.7. The molecule has 1 N–H and O–H groups in total. The van der Waals surface area contributed by atoms with E-state index in [4.69, 9.17) is 0 Å². The first-order valence-electron chi connectivity index (χ1n) is 8.01. The molecule has 5 heteroatoms. The van der Waals surface area contributed by atoms with Gasteiger partial charge in [0.15, 0.2) is 0 Å². The van der Waals surface area contributed by atoms with Crippen molar-refractivity contribution >= 4 is 17.2 Å². The van der Waals surface area contributed by atoms with Gasteiger partial charge in [0.05, 0.1) is 6.04 Å². The monoisotopic (exact) mass is 307 g/mol. The zero-order valence-corrected chi connectivity index (χ0v) is 13.6. The number of piperidine rings is 1. The Kier molecular flexibility index (Phi) is 4.93. The van der Waals surface area contributed by atoms with Crippen LogP contribution in [-0.2, 0) is 11.3 Å². The van der Waals surface area contributed by atoms with Crippen molar-refractivity contribution in [3.63, 3.8) is 0 Å². The Morgan fingerprint density at radius 1 is 1.38 bits per heavy atom. The van der Waals surface area contributed by atoms with Gasteiger partial charge < -0.3 is 10.2 Å². The van der Waals surface area contributed by atoms with E-state index >= 15 is 0 Å². The molecule has 1 aromatic rings. The van der Waals surface area contributed by atoms with Gasteiger partial charge in [-0.1, -0.05) is 13.0 Å². The number of piperazine rings is 1. The molecule has 3 heterocycles. The quantitative estimate of drug-likeness (QED) is 0.924. The molecule has 2 saturated heterocycles. The number of nitrogens with one attached hydrogen (secondary N) is 1. The third-order valence-corrected chi connectivity index (χ3v) is 5.54. The fourth-order valence-electron chi connectivity index (χ4n) is 3.33. The molecule has 2 aliphatic rings. The van der Waals surface area contributed by atoms with Crippen molar-refractivity contribution in [1.82, 2.24) is 15.1 Å². The van der Waals surface area contributed by atoms with E-state index in [2.05, 4.69) is 39.6 Å². The molecule has 2 aliphatic heterocycles. The third-order valence-electron chi connectivity index (χ3n) is 4.68. The molecule has 2 fully saturated rings. The van der Waals surface area contributed by atoms with E-state index in [1.807, 2.05) is 11.3 Å². The summed E-state index contributed by atoms with van der Waals surface area (Å²) in [6.45, 7) is 7.93. The van der Waals surface area contributed by atoms with Gasteiger partial charge in [0.1, 0.15) is 0 Å². The Balaban J connectivity index is 1.49. The Morgan fingerprint density at radius 2 is 2.19 bits per heavy atom. The lowest BCUT2D eigenvalue weighted by molar-refractivity contribution is -0.137. The lowest BCUT2D eigenvalue weighted by Crippen LogP contribution is -2.56. The van der Waals surface area contributed by atoms with Crippen molar-refractivity contribution in [3.05, 3.63) is 22.4 Å². The largest absolute Gasteiger partial charge is 0.339 e. The molecule has 0 bridgehead atoms. The molecule has 21 heavy (non-hydrogen) atoms. The van der Waals surface area contributed by atoms with Crippen LogP contribution in [-0.4, -0.2) is 54.5 Å². The summed E-state index contributed by atoms with van der Waals surface area (Å²) in [5.41, 5.74) is 0. The molecule has 0 saturated carbocycles. The summed E-state index contributed by atoms with van der Waals surface area (Å²) in [5.74, 6) is 0.786. The maximum Gasteiger partial charge on any atom is 0.240 e. The summed E-state index contributed by atoms with van der Waals surface area (Å²) in [4.78, 5) is 18.6. The number of thiophene rings is 1. The molecule has 2 atom stereocenters. The maximum absolute atomic E-state index is 12.6. The van der Waals surface area contributed by atoms with E-state index in [0.29, 0.717) is 11.8 Å². The highest BCUT2D eigenvalue weighted by molar-refractivity contribution is 7.09. The molecular formula is C16H25N3OS. The molecular weight excluding hydrogens is 282 g/mol. The Hall–Kier alpha value is -0.910. The number of hydrogen-bond donors (Lipinski definition) is 1. The van der Waals surface area contributed by atoms with Crippen LogP contribution in [0, 0.1) is 5.92 Å². The number of nitrogens with zero attached hydrogens (tertiary/aromatic N) is 2. The van der Waals surface area contributed by atoms with Crippen LogP contribution in [0.1, 0.15) is 24.6 Å². The smallest absolute Gasteiger partial charge is 0.240 e. The van der Waals surface area contributed by atoms with Crippen LogP contribution in [0.3, 0.4) is 0 Å². The first-order valence-corrected chi connectivity index (χ1v) is 8.89. The lowest BCUT2D eigenvalue weighted by atomic mass is 9.91. The van der Waals surface area contributed by atoms with Crippen molar-refractivity contribution in [2.75, 3.05) is 32.7 Å². The van der Waals surface area contributed by atoms with E-state index in [1.54, 1.807) is 0 Å². The number of carbonyl (C=O) groups excluding carboxylic acids is 1. The average Bonchev–Trinajstić information content (AvgIpc) is 3.01. The normalized spacial score (nSPS) is 27.8. The van der Waals surface area contributed by atoms with Crippen LogP contribution in [0.5, 0.6) is 0 Å². The second kappa shape index (κ2) is 6.90. The van der Waals surface area contributed by atoms with Gasteiger partial charge in [-0.2, -0.15) is 0 Å². The second-order valence-corrected chi connectivity index (χ2v) is 7.26. The maximum atomic E-state index is 12.6. The predicted octanol–water partition coefficient (Wildman–Crippen LogP) is 1.78. The second-order valence-electron chi connectivity index (χ2n) is 6.23. The molecule has 3 rings (SSSR count). The minimum absolute atomic E-state index is 0.0441. The standard InChI is InChI=1S/C16H25N3OS/c1-13-4-2-6-17-15(13)16(20)19-9-7-18(8-10-19)12-14-5-3-11-21-14/h3,5,11,13,15,17H,2,4,6-10,12H2,1H3. The zero-order valence-electron chi connectivity index (χ0n) is 12.8. The van der Waals surface area contributed by atoms with Crippen LogP contribution >= 0.6 is 11.3 Å². The Bertz CT molecular complexity index is 454. The fraction of sp³-hybridized carbons (Fsp3) is 0.688. The minimum atomic E-state index is 0.0441. The molecule has 0 aliphatic carbocycles. The third kappa shape index (κ3) is 3.65. The molecule has 0 aromatic carbocycles. The van der Waals surface area contributed by atoms with Gasteiger partial charge in [-0.25, -0.2) is 0 Å². The number of rotatable bonds is 3. The average molecular weight is 307 g/mol. The molecule has 0 spiro atoms. The summed E-state index contributed by atoms with van der Waals surface area (Å²) in [6.07, 6.45) is 2.36. The highest BCUT2D eigenvalue weighted by Gasteiger charge is 2.32. The van der Waals surface area contributed by atoms with Gasteiger partial charge >= 0.3 is 0 Å². The Labute approximate surface area is 131 Å². The SMILES string of the molecule is CC1CCCNC1C(=O)N1CCN(Cc2cccs2)CC1. The van der Waals surface area contributed by atoms with Crippen LogP contribution in [0.25, 0.3) is 0 Å². The van der Waals surface area contributed by atoms with E-state index in [1.165, 1.54) is 17.7 Å². The Morgan fingerprint density at radius 3 is 2.86 bits per heavy atom. The molecule has 0 radical (unpaired) electrons. The van der Waals surface area contributed by atoms with Crippen LogP contribution in [0.2, 0.25) is 0 Å². The number of hydrogen-bond acceptors (Lipinski definition) is 4. The molecule has 1 aromatic heterocycles. The number of carbonyl (C=O) groups is 1. The highest BCUT2D eigenvalue weighted by atomic mass is 32.1. The first-order chi connectivity index (χ1) is 10.2. The summed E-state index contributed by atoms with van der Waals surface area (Å²) in [5, 5.41) is 5.54. The van der Waals surface area contributed by atoms with Crippen LogP contribution in [0.15, 0.2) is 17.5 Å². The lowest BCUT2D eigenvalue weighted by Gasteiger charge is -2.38. The van der Waals surface area contributed by atoms with E-state index in [9.17, 15) is 4.79 Å². The van der Waals surface area contributed by atoms with E-state index < -0.39 is 0 Å². The van der Waals surface area contributed by atoms with Gasteiger partial charge in [-0.15, -0.1) is 11.3 Å². The van der Waals surface area contributed by atoms with Gasteiger partial charge in [0.2, 0.25) is 5.91 Å². The summed E-state index contributed by atoms with van der Waals surface area (Å²) >= 11 is 1.81. The van der Waals surface area contributed by atoms with Gasteiger partial charge in [-0.3, -0.25) is 9.69 Å². The molecule has 116 valence electrons. The highest BCUT2D eigenvalue weighted by Crippen LogP contribution is 2.19. The molecule has 4 nitrogen and oxygen atoms in total. The molecule has 2 unspecified atom stereocenters. The van der Waals surface area contributed by atoms with Crippen LogP contribution in [0.4, 0.5) is 0 Å². The van der Waals surface area contributed by atoms with Gasteiger partial charge in [-0.05, 0) is 36.8 Å². The predicted molar refractivity (Wildman–Crippen MR) is 86.4 cm³/mol. The van der Waals surface area contributed by atoms with Gasteiger partial charge in [0, 0.05) is 37.6 Å². The van der Waals surface area contributed by atoms with E-state index in [-0.39, 0.29) is 6.04 Å². The van der Waals surface area contributed by atoms with Crippen molar-refractivity contribution in [3.8, 4) is 0 Å².